The Morgan fingerprint density at radius 2 is 1.82 bits per heavy atom. The molecule has 28 heavy (non-hydrogen) atoms. The number of benzene rings is 1. The Morgan fingerprint density at radius 3 is 2.46 bits per heavy atom. The van der Waals surface area contributed by atoms with Crippen LogP contribution in [-0.2, 0) is 14.9 Å². The highest BCUT2D eigenvalue weighted by Gasteiger charge is 2.34. The van der Waals surface area contributed by atoms with Crippen LogP contribution >= 0.6 is 24.0 Å². The fraction of sp³-hybridized carbons (Fsp3) is 0.667. The van der Waals surface area contributed by atoms with Gasteiger partial charge in [0, 0.05) is 52.0 Å². The minimum atomic E-state index is -0.201. The van der Waals surface area contributed by atoms with E-state index in [0.717, 1.165) is 83.1 Å². The lowest BCUT2D eigenvalue weighted by Gasteiger charge is -2.38. The quantitative estimate of drug-likeness (QED) is 0.219. The summed E-state index contributed by atoms with van der Waals surface area (Å²) >= 11 is 0. The van der Waals surface area contributed by atoms with Gasteiger partial charge in [-0.2, -0.15) is 0 Å². The van der Waals surface area contributed by atoms with Gasteiger partial charge in [-0.25, -0.2) is 4.39 Å². The molecule has 0 unspecified atom stereocenters. The van der Waals surface area contributed by atoms with Gasteiger partial charge in [-0.1, -0.05) is 25.5 Å². The zero-order valence-electron chi connectivity index (χ0n) is 17.1. The SMILES string of the molecule is CCCCOCCCNC(=NC)NCC1(c2ccc(F)cc2)CCOCC1.I. The third-order valence-electron chi connectivity index (χ3n) is 5.12. The highest BCUT2D eigenvalue weighted by molar-refractivity contribution is 14.0. The van der Waals surface area contributed by atoms with Crippen LogP contribution in [0.15, 0.2) is 29.3 Å². The highest BCUT2D eigenvalue weighted by atomic mass is 127. The van der Waals surface area contributed by atoms with E-state index in [0.29, 0.717) is 0 Å². The van der Waals surface area contributed by atoms with E-state index in [9.17, 15) is 4.39 Å². The Bertz CT molecular complexity index is 563. The van der Waals surface area contributed by atoms with Gasteiger partial charge in [0.25, 0.3) is 0 Å². The first kappa shape index (κ1) is 25.1. The number of aliphatic imine (C=N–C) groups is 1. The molecule has 0 spiro atoms. The van der Waals surface area contributed by atoms with Crippen molar-refractivity contribution in [1.29, 1.82) is 0 Å². The molecule has 160 valence electrons. The van der Waals surface area contributed by atoms with Gasteiger partial charge in [0.2, 0.25) is 0 Å². The van der Waals surface area contributed by atoms with Gasteiger partial charge in [-0.05, 0) is 43.4 Å². The molecule has 0 saturated carbocycles. The molecule has 0 amide bonds. The highest BCUT2D eigenvalue weighted by Crippen LogP contribution is 2.34. The van der Waals surface area contributed by atoms with E-state index >= 15 is 0 Å². The molecule has 1 fully saturated rings. The topological polar surface area (TPSA) is 54.9 Å². The summed E-state index contributed by atoms with van der Waals surface area (Å²) in [5, 5.41) is 6.80. The second-order valence-electron chi connectivity index (χ2n) is 7.07. The van der Waals surface area contributed by atoms with E-state index in [4.69, 9.17) is 9.47 Å². The Balaban J connectivity index is 0.00000392. The largest absolute Gasteiger partial charge is 0.381 e. The van der Waals surface area contributed by atoms with Crippen molar-refractivity contribution in [3.8, 4) is 0 Å². The lowest BCUT2D eigenvalue weighted by molar-refractivity contribution is 0.0513. The molecule has 2 N–H and O–H groups in total. The molecule has 1 aliphatic rings. The zero-order valence-corrected chi connectivity index (χ0v) is 19.5. The van der Waals surface area contributed by atoms with Gasteiger partial charge < -0.3 is 20.1 Å². The fourth-order valence-corrected chi connectivity index (χ4v) is 3.34. The van der Waals surface area contributed by atoms with E-state index in [1.807, 2.05) is 12.1 Å². The van der Waals surface area contributed by atoms with Crippen molar-refractivity contribution in [2.45, 2.75) is 44.4 Å². The van der Waals surface area contributed by atoms with E-state index in [2.05, 4.69) is 22.5 Å². The molecule has 0 aliphatic carbocycles. The predicted octanol–water partition coefficient (Wildman–Crippen LogP) is 3.86. The second-order valence-corrected chi connectivity index (χ2v) is 7.07. The number of unbranched alkanes of at least 4 members (excludes halogenated alkanes) is 1. The number of nitrogens with one attached hydrogen (secondary N) is 2. The molecule has 5 nitrogen and oxygen atoms in total. The maximum Gasteiger partial charge on any atom is 0.191 e. The number of ether oxygens (including phenoxy) is 2. The number of guanidine groups is 1. The van der Waals surface area contributed by atoms with Crippen molar-refractivity contribution in [2.24, 2.45) is 4.99 Å². The Morgan fingerprint density at radius 1 is 1.14 bits per heavy atom. The van der Waals surface area contributed by atoms with Crippen molar-refractivity contribution in [3.05, 3.63) is 35.6 Å². The minimum absolute atomic E-state index is 0. The van der Waals surface area contributed by atoms with E-state index in [-0.39, 0.29) is 35.2 Å². The third kappa shape index (κ3) is 8.21. The van der Waals surface area contributed by atoms with Gasteiger partial charge in [0.1, 0.15) is 5.82 Å². The van der Waals surface area contributed by atoms with E-state index < -0.39 is 0 Å². The summed E-state index contributed by atoms with van der Waals surface area (Å²) in [5.41, 5.74) is 1.09. The zero-order chi connectivity index (χ0) is 19.4. The van der Waals surface area contributed by atoms with Gasteiger partial charge in [-0.3, -0.25) is 4.99 Å². The summed E-state index contributed by atoms with van der Waals surface area (Å²) in [6.07, 6.45) is 5.05. The molecule has 1 saturated heterocycles. The Kier molecular flexibility index (Phi) is 12.7. The molecule has 1 heterocycles. The molecular formula is C21H35FIN3O2. The molecule has 1 aliphatic heterocycles. The molecule has 1 aromatic rings. The van der Waals surface area contributed by atoms with Crippen molar-refractivity contribution in [1.82, 2.24) is 10.6 Å². The normalized spacial score (nSPS) is 16.3. The van der Waals surface area contributed by atoms with Crippen LogP contribution < -0.4 is 10.6 Å². The number of halogens is 2. The summed E-state index contributed by atoms with van der Waals surface area (Å²) < 4.78 is 24.5. The molecule has 7 heteroatoms. The van der Waals surface area contributed by atoms with Gasteiger partial charge in [0.05, 0.1) is 0 Å². The van der Waals surface area contributed by atoms with Gasteiger partial charge >= 0.3 is 0 Å². The summed E-state index contributed by atoms with van der Waals surface area (Å²) in [7, 11) is 1.78. The summed E-state index contributed by atoms with van der Waals surface area (Å²) in [6, 6.07) is 6.87. The molecule has 0 bridgehead atoms. The van der Waals surface area contributed by atoms with Crippen LogP contribution in [0.2, 0.25) is 0 Å². The average Bonchev–Trinajstić information content (AvgIpc) is 2.70. The van der Waals surface area contributed by atoms with Crippen molar-refractivity contribution in [2.75, 3.05) is 46.6 Å². The number of hydrogen-bond acceptors (Lipinski definition) is 3. The Hall–Kier alpha value is -0.930. The van der Waals surface area contributed by atoms with Crippen LogP contribution in [0.4, 0.5) is 4.39 Å². The molecule has 1 aromatic carbocycles. The van der Waals surface area contributed by atoms with E-state index in [1.54, 1.807) is 7.05 Å². The molecule has 0 atom stereocenters. The van der Waals surface area contributed by atoms with Crippen molar-refractivity contribution >= 4 is 29.9 Å². The first-order chi connectivity index (χ1) is 13.2. The number of rotatable bonds is 10. The van der Waals surface area contributed by atoms with Crippen LogP contribution in [-0.4, -0.2) is 52.5 Å². The maximum absolute atomic E-state index is 13.3. The monoisotopic (exact) mass is 507 g/mol. The summed E-state index contributed by atoms with van der Waals surface area (Å²) in [5.74, 6) is 0.587. The molecule has 0 aromatic heterocycles. The second kappa shape index (κ2) is 14.1. The van der Waals surface area contributed by atoms with E-state index in [1.165, 1.54) is 12.1 Å². The standard InChI is InChI=1S/C21H34FN3O2.HI/c1-3-4-13-26-14-5-12-24-20(23-2)25-17-21(10-15-27-16-11-21)18-6-8-19(22)9-7-18;/h6-9H,3-5,10-17H2,1-2H3,(H2,23,24,25);1H. The average molecular weight is 507 g/mol. The van der Waals surface area contributed by atoms with Crippen molar-refractivity contribution in [3.63, 3.8) is 0 Å². The number of hydrogen-bond donors (Lipinski definition) is 2. The van der Waals surface area contributed by atoms with Gasteiger partial charge in [-0.15, -0.1) is 24.0 Å². The van der Waals surface area contributed by atoms with Gasteiger partial charge in [0.15, 0.2) is 5.96 Å². The minimum Gasteiger partial charge on any atom is -0.381 e. The third-order valence-corrected chi connectivity index (χ3v) is 5.12. The van der Waals surface area contributed by atoms with Crippen molar-refractivity contribution < 1.29 is 13.9 Å². The first-order valence-electron chi connectivity index (χ1n) is 10.1. The smallest absolute Gasteiger partial charge is 0.191 e. The lowest BCUT2D eigenvalue weighted by Crippen LogP contribution is -2.48. The Labute approximate surface area is 185 Å². The lowest BCUT2D eigenvalue weighted by atomic mass is 9.74. The van der Waals surface area contributed by atoms with Crippen LogP contribution in [0.25, 0.3) is 0 Å². The van der Waals surface area contributed by atoms with Crippen LogP contribution in [0.1, 0.15) is 44.6 Å². The summed E-state index contributed by atoms with van der Waals surface area (Å²) in [6.45, 7) is 6.78. The number of nitrogens with zero attached hydrogens (tertiary/aromatic N) is 1. The van der Waals surface area contributed by atoms with Crippen LogP contribution in [0, 0.1) is 5.82 Å². The maximum atomic E-state index is 13.3. The molecular weight excluding hydrogens is 472 g/mol. The summed E-state index contributed by atoms with van der Waals surface area (Å²) in [4.78, 5) is 4.32. The van der Waals surface area contributed by atoms with Crippen LogP contribution in [0.3, 0.4) is 0 Å². The molecule has 0 radical (unpaired) electrons. The molecule has 2 rings (SSSR count). The fourth-order valence-electron chi connectivity index (χ4n) is 3.34. The van der Waals surface area contributed by atoms with Crippen LogP contribution in [0.5, 0.6) is 0 Å². The first-order valence-corrected chi connectivity index (χ1v) is 10.1. The predicted molar refractivity (Wildman–Crippen MR) is 123 cm³/mol.